The minimum atomic E-state index is -5.29. The van der Waals surface area contributed by atoms with E-state index in [1.807, 2.05) is 0 Å². The highest BCUT2D eigenvalue weighted by Gasteiger charge is 2.42. The standard InChI is InChI=1S/C20H15F7N2O3/c1-28-9-16(31-10-28)14-7-11(19(22,23)24)8-15(20(25,26)27)17(14)32-18(30)29(2)13-5-3-12(21)4-6-13/h3-9H,10H2,1-2H3. The van der Waals surface area contributed by atoms with Crippen molar-refractivity contribution < 1.29 is 45.0 Å². The second-order valence-corrected chi connectivity index (χ2v) is 6.82. The van der Waals surface area contributed by atoms with Crippen molar-refractivity contribution >= 4 is 17.5 Å². The van der Waals surface area contributed by atoms with Crippen molar-refractivity contribution in [2.45, 2.75) is 12.4 Å². The van der Waals surface area contributed by atoms with Gasteiger partial charge in [-0.05, 0) is 36.4 Å². The number of ether oxygens (including phenoxy) is 2. The maximum absolute atomic E-state index is 13.7. The molecule has 0 saturated carbocycles. The van der Waals surface area contributed by atoms with Crippen molar-refractivity contribution in [3.05, 3.63) is 65.1 Å². The van der Waals surface area contributed by atoms with E-state index in [9.17, 15) is 35.5 Å². The number of benzene rings is 2. The molecular weight excluding hydrogens is 449 g/mol. The molecule has 32 heavy (non-hydrogen) atoms. The van der Waals surface area contributed by atoms with Crippen molar-refractivity contribution in [2.75, 3.05) is 25.7 Å². The average molecular weight is 464 g/mol. The normalized spacial score (nSPS) is 14.2. The third-order valence-electron chi connectivity index (χ3n) is 4.43. The molecule has 0 aromatic heterocycles. The highest BCUT2D eigenvalue weighted by molar-refractivity contribution is 5.89. The van der Waals surface area contributed by atoms with Crippen LogP contribution < -0.4 is 9.64 Å². The average Bonchev–Trinajstić information content (AvgIpc) is 3.12. The number of hydrogen-bond acceptors (Lipinski definition) is 4. The molecule has 0 atom stereocenters. The Hall–Kier alpha value is -3.44. The van der Waals surface area contributed by atoms with E-state index in [1.165, 1.54) is 30.3 Å². The van der Waals surface area contributed by atoms with E-state index in [1.54, 1.807) is 0 Å². The maximum Gasteiger partial charge on any atom is 0.420 e. The third-order valence-corrected chi connectivity index (χ3v) is 4.43. The van der Waals surface area contributed by atoms with Crippen molar-refractivity contribution in [1.82, 2.24) is 4.90 Å². The van der Waals surface area contributed by atoms with Crippen LogP contribution in [0.1, 0.15) is 16.7 Å². The molecule has 1 heterocycles. The molecule has 2 aromatic carbocycles. The van der Waals surface area contributed by atoms with Crippen molar-refractivity contribution in [2.24, 2.45) is 0 Å². The predicted octanol–water partition coefficient (Wildman–Crippen LogP) is 5.72. The van der Waals surface area contributed by atoms with Gasteiger partial charge in [0.25, 0.3) is 0 Å². The van der Waals surface area contributed by atoms with Gasteiger partial charge in [-0.1, -0.05) is 0 Å². The SMILES string of the molecule is CN1C=C(c2cc(C(F)(F)F)cc(C(F)(F)F)c2OC(=O)N(C)c2ccc(F)cc2)OC1. The van der Waals surface area contributed by atoms with E-state index >= 15 is 0 Å². The Labute approximate surface area is 177 Å². The number of halogens is 7. The topological polar surface area (TPSA) is 42.0 Å². The Morgan fingerprint density at radius 3 is 2.19 bits per heavy atom. The molecule has 0 spiro atoms. The summed E-state index contributed by atoms with van der Waals surface area (Å²) in [6, 6.07) is 4.65. The maximum atomic E-state index is 13.7. The summed E-state index contributed by atoms with van der Waals surface area (Å²) in [4.78, 5) is 14.7. The lowest BCUT2D eigenvalue weighted by Gasteiger charge is -2.22. The first kappa shape index (κ1) is 23.2. The summed E-state index contributed by atoms with van der Waals surface area (Å²) in [6.45, 7) is -0.129. The first-order chi connectivity index (χ1) is 14.8. The van der Waals surface area contributed by atoms with Gasteiger partial charge < -0.3 is 14.4 Å². The molecule has 0 aliphatic carbocycles. The first-order valence-electron chi connectivity index (χ1n) is 8.86. The molecule has 0 fully saturated rings. The monoisotopic (exact) mass is 464 g/mol. The molecule has 3 rings (SSSR count). The molecule has 5 nitrogen and oxygen atoms in total. The fourth-order valence-electron chi connectivity index (χ4n) is 2.82. The van der Waals surface area contributed by atoms with Crippen LogP contribution in [-0.2, 0) is 17.1 Å². The van der Waals surface area contributed by atoms with Crippen LogP contribution in [0.4, 0.5) is 41.2 Å². The molecule has 0 bridgehead atoms. The van der Waals surface area contributed by atoms with Crippen LogP contribution in [0.15, 0.2) is 42.6 Å². The van der Waals surface area contributed by atoms with Gasteiger partial charge in [-0.2, -0.15) is 26.3 Å². The fourth-order valence-corrected chi connectivity index (χ4v) is 2.82. The molecule has 0 N–H and O–H groups in total. The zero-order valence-corrected chi connectivity index (χ0v) is 16.5. The molecule has 0 saturated heterocycles. The van der Waals surface area contributed by atoms with E-state index in [0.29, 0.717) is 6.07 Å². The van der Waals surface area contributed by atoms with Gasteiger partial charge in [0.1, 0.15) is 11.6 Å². The number of carbonyl (C=O) groups excluding carboxylic acids is 1. The molecule has 1 amide bonds. The number of alkyl halides is 6. The number of amides is 1. The van der Waals surface area contributed by atoms with Crippen LogP contribution >= 0.6 is 0 Å². The van der Waals surface area contributed by atoms with Gasteiger partial charge in [0, 0.05) is 26.0 Å². The zero-order valence-electron chi connectivity index (χ0n) is 16.5. The van der Waals surface area contributed by atoms with E-state index in [2.05, 4.69) is 0 Å². The molecule has 2 aromatic rings. The minimum Gasteiger partial charge on any atom is -0.471 e. The second kappa shape index (κ2) is 8.24. The van der Waals surface area contributed by atoms with E-state index in [0.717, 1.165) is 24.1 Å². The van der Waals surface area contributed by atoms with Gasteiger partial charge in [-0.3, -0.25) is 4.90 Å². The molecule has 12 heteroatoms. The van der Waals surface area contributed by atoms with Crippen molar-refractivity contribution in [3.8, 4) is 5.75 Å². The smallest absolute Gasteiger partial charge is 0.420 e. The molecular formula is C20H15F7N2O3. The number of nitrogens with zero attached hydrogens (tertiary/aromatic N) is 2. The van der Waals surface area contributed by atoms with Crippen LogP contribution in [0.5, 0.6) is 5.75 Å². The fraction of sp³-hybridized carbons (Fsp3) is 0.250. The lowest BCUT2D eigenvalue weighted by Crippen LogP contribution is -2.30. The van der Waals surface area contributed by atoms with E-state index < -0.39 is 46.7 Å². The third kappa shape index (κ3) is 4.89. The molecule has 0 unspecified atom stereocenters. The Kier molecular flexibility index (Phi) is 5.98. The highest BCUT2D eigenvalue weighted by Crippen LogP contribution is 2.45. The molecule has 1 aliphatic rings. The summed E-state index contributed by atoms with van der Waals surface area (Å²) in [7, 11) is 2.63. The summed E-state index contributed by atoms with van der Waals surface area (Å²) < 4.78 is 104. The highest BCUT2D eigenvalue weighted by atomic mass is 19.4. The first-order valence-corrected chi connectivity index (χ1v) is 8.86. The number of hydrogen-bond donors (Lipinski definition) is 0. The molecule has 0 radical (unpaired) electrons. The van der Waals surface area contributed by atoms with Crippen LogP contribution in [0, 0.1) is 5.82 Å². The number of carbonyl (C=O) groups is 1. The Bertz CT molecular complexity index is 1050. The minimum absolute atomic E-state index is 0.0782. The summed E-state index contributed by atoms with van der Waals surface area (Å²) in [5, 5.41) is 0. The van der Waals surface area contributed by atoms with Gasteiger partial charge in [0.2, 0.25) is 0 Å². The largest absolute Gasteiger partial charge is 0.471 e. The number of anilines is 1. The summed E-state index contributed by atoms with van der Waals surface area (Å²) in [5.74, 6) is -2.10. The van der Waals surface area contributed by atoms with Crippen molar-refractivity contribution in [1.29, 1.82) is 0 Å². The van der Waals surface area contributed by atoms with Crippen LogP contribution in [0.3, 0.4) is 0 Å². The summed E-state index contributed by atoms with van der Waals surface area (Å²) in [5.41, 5.74) is -4.01. The van der Waals surface area contributed by atoms with Gasteiger partial charge in [-0.25, -0.2) is 9.18 Å². The van der Waals surface area contributed by atoms with Gasteiger partial charge in [-0.15, -0.1) is 0 Å². The van der Waals surface area contributed by atoms with Gasteiger partial charge in [0.05, 0.1) is 16.7 Å². The lowest BCUT2D eigenvalue weighted by atomic mass is 10.0. The Morgan fingerprint density at radius 2 is 1.69 bits per heavy atom. The number of rotatable bonds is 3. The summed E-state index contributed by atoms with van der Waals surface area (Å²) in [6.07, 6.45) is -10.6. The Morgan fingerprint density at radius 1 is 1.06 bits per heavy atom. The van der Waals surface area contributed by atoms with E-state index in [-0.39, 0.29) is 24.2 Å². The summed E-state index contributed by atoms with van der Waals surface area (Å²) >= 11 is 0. The van der Waals surface area contributed by atoms with Crippen LogP contribution in [0.25, 0.3) is 5.76 Å². The zero-order chi connectivity index (χ0) is 23.8. The Balaban J connectivity index is 2.12. The van der Waals surface area contributed by atoms with Gasteiger partial charge >= 0.3 is 18.4 Å². The van der Waals surface area contributed by atoms with E-state index in [4.69, 9.17) is 9.47 Å². The molecule has 1 aliphatic heterocycles. The second-order valence-electron chi connectivity index (χ2n) is 6.82. The van der Waals surface area contributed by atoms with Crippen LogP contribution in [-0.4, -0.2) is 31.8 Å². The predicted molar refractivity (Wildman–Crippen MR) is 99.0 cm³/mol. The lowest BCUT2D eigenvalue weighted by molar-refractivity contribution is -0.143. The van der Waals surface area contributed by atoms with Crippen LogP contribution in [0.2, 0.25) is 0 Å². The quantitative estimate of drug-likeness (QED) is 0.546. The molecule has 172 valence electrons. The van der Waals surface area contributed by atoms with Gasteiger partial charge in [0.15, 0.2) is 12.5 Å². The van der Waals surface area contributed by atoms with Crippen molar-refractivity contribution in [3.63, 3.8) is 0 Å².